The molecule has 0 aliphatic heterocycles. The van der Waals surface area contributed by atoms with Gasteiger partial charge in [-0.3, -0.25) is 0 Å². The lowest BCUT2D eigenvalue weighted by Crippen LogP contribution is -2.23. The fourth-order valence-corrected chi connectivity index (χ4v) is 2.68. The molecule has 20 heavy (non-hydrogen) atoms. The minimum absolute atomic E-state index is 0.186. The van der Waals surface area contributed by atoms with Crippen molar-refractivity contribution < 1.29 is 4.74 Å². The molecule has 0 radical (unpaired) electrons. The van der Waals surface area contributed by atoms with Gasteiger partial charge in [0.1, 0.15) is 0 Å². The average Bonchev–Trinajstić information content (AvgIpc) is 3.20. The molecule has 3 nitrogen and oxygen atoms in total. The van der Waals surface area contributed by atoms with Crippen LogP contribution >= 0.6 is 15.9 Å². The first-order valence-corrected chi connectivity index (χ1v) is 8.18. The largest absolute Gasteiger partial charge is 0.379 e. The number of halogens is 1. The van der Waals surface area contributed by atoms with Crippen LogP contribution in [0.4, 0.5) is 5.69 Å². The summed E-state index contributed by atoms with van der Waals surface area (Å²) in [6.07, 6.45) is 3.60. The van der Waals surface area contributed by atoms with Crippen molar-refractivity contribution in [3.8, 4) is 0 Å². The van der Waals surface area contributed by atoms with Crippen LogP contribution in [0.2, 0.25) is 0 Å². The van der Waals surface area contributed by atoms with E-state index in [4.69, 9.17) is 10.5 Å². The van der Waals surface area contributed by atoms with E-state index >= 15 is 0 Å². The van der Waals surface area contributed by atoms with Gasteiger partial charge >= 0.3 is 0 Å². The number of likely N-dealkylation sites (N-methyl/N-ethyl adjacent to an activating group) is 1. The molecule has 1 aliphatic rings. The maximum atomic E-state index is 5.85. The van der Waals surface area contributed by atoms with Gasteiger partial charge in [0, 0.05) is 36.4 Å². The molecule has 1 saturated carbocycles. The van der Waals surface area contributed by atoms with E-state index in [1.165, 1.54) is 24.1 Å². The number of benzene rings is 1. The van der Waals surface area contributed by atoms with E-state index in [1.807, 2.05) is 6.92 Å². The highest BCUT2D eigenvalue weighted by Crippen LogP contribution is 2.28. The number of nitrogens with zero attached hydrogens (tertiary/aromatic N) is 1. The van der Waals surface area contributed by atoms with Gasteiger partial charge in [0.25, 0.3) is 0 Å². The number of rotatable bonds is 8. The Morgan fingerprint density at radius 1 is 1.45 bits per heavy atom. The molecule has 1 aliphatic carbocycles. The van der Waals surface area contributed by atoms with Gasteiger partial charge in [-0.15, -0.1) is 0 Å². The fourth-order valence-electron chi connectivity index (χ4n) is 2.15. The second kappa shape index (κ2) is 7.43. The van der Waals surface area contributed by atoms with Crippen LogP contribution in [0.25, 0.3) is 0 Å². The smallest absolute Gasteiger partial charge is 0.0641 e. The Morgan fingerprint density at radius 2 is 2.20 bits per heavy atom. The Morgan fingerprint density at radius 3 is 2.80 bits per heavy atom. The van der Waals surface area contributed by atoms with Crippen LogP contribution < -0.4 is 10.6 Å². The maximum Gasteiger partial charge on any atom is 0.0641 e. The van der Waals surface area contributed by atoms with E-state index in [1.54, 1.807) is 0 Å². The minimum Gasteiger partial charge on any atom is -0.379 e. The zero-order valence-electron chi connectivity index (χ0n) is 12.4. The Labute approximate surface area is 130 Å². The maximum absolute atomic E-state index is 5.85. The molecule has 1 aromatic rings. The monoisotopic (exact) mass is 340 g/mol. The molecule has 2 N–H and O–H groups in total. The summed E-state index contributed by atoms with van der Waals surface area (Å²) in [6, 6.07) is 6.66. The number of hydrogen-bond donors (Lipinski definition) is 1. The highest BCUT2D eigenvalue weighted by molar-refractivity contribution is 9.10. The molecule has 1 atom stereocenters. The summed E-state index contributed by atoms with van der Waals surface area (Å²) in [4.78, 5) is 2.23. The SMILES string of the molecule is CC(N)Cc1ccc(N(C)CCOCC2CC2)cc1Br. The molecular formula is C16H25BrN2O. The molecule has 112 valence electrons. The van der Waals surface area contributed by atoms with Crippen LogP contribution in [-0.4, -0.2) is 32.8 Å². The van der Waals surface area contributed by atoms with Gasteiger partial charge in [0.2, 0.25) is 0 Å². The third kappa shape index (κ3) is 5.08. The third-order valence-electron chi connectivity index (χ3n) is 3.64. The van der Waals surface area contributed by atoms with Gasteiger partial charge < -0.3 is 15.4 Å². The number of ether oxygens (including phenoxy) is 1. The molecule has 2 rings (SSSR count). The summed E-state index contributed by atoms with van der Waals surface area (Å²) in [6.45, 7) is 4.69. The van der Waals surface area contributed by atoms with Gasteiger partial charge in [-0.05, 0) is 49.8 Å². The second-order valence-corrected chi connectivity index (χ2v) is 6.75. The van der Waals surface area contributed by atoms with Crippen LogP contribution in [0.5, 0.6) is 0 Å². The van der Waals surface area contributed by atoms with Crippen molar-refractivity contribution in [1.29, 1.82) is 0 Å². The summed E-state index contributed by atoms with van der Waals surface area (Å²) >= 11 is 3.64. The normalized spacial score (nSPS) is 16.2. The van der Waals surface area contributed by atoms with Crippen LogP contribution in [-0.2, 0) is 11.2 Å². The number of hydrogen-bond acceptors (Lipinski definition) is 3. The van der Waals surface area contributed by atoms with E-state index in [0.717, 1.165) is 36.6 Å². The molecule has 0 heterocycles. The number of nitrogens with two attached hydrogens (primary N) is 1. The molecule has 1 fully saturated rings. The molecule has 0 aromatic heterocycles. The summed E-state index contributed by atoms with van der Waals surface area (Å²) in [5.41, 5.74) is 8.33. The lowest BCUT2D eigenvalue weighted by atomic mass is 10.1. The van der Waals surface area contributed by atoms with Crippen molar-refractivity contribution in [3.63, 3.8) is 0 Å². The Hall–Kier alpha value is -0.580. The van der Waals surface area contributed by atoms with Gasteiger partial charge in [0.15, 0.2) is 0 Å². The first kappa shape index (κ1) is 15.8. The van der Waals surface area contributed by atoms with Crippen LogP contribution in [0, 0.1) is 5.92 Å². The zero-order valence-corrected chi connectivity index (χ0v) is 14.0. The predicted molar refractivity (Wildman–Crippen MR) is 88.3 cm³/mol. The molecule has 1 unspecified atom stereocenters. The van der Waals surface area contributed by atoms with Crippen molar-refractivity contribution in [2.45, 2.75) is 32.2 Å². The Kier molecular flexibility index (Phi) is 5.87. The van der Waals surface area contributed by atoms with E-state index in [2.05, 4.69) is 46.1 Å². The highest BCUT2D eigenvalue weighted by Gasteiger charge is 2.20. The topological polar surface area (TPSA) is 38.5 Å². The minimum atomic E-state index is 0.186. The lowest BCUT2D eigenvalue weighted by Gasteiger charge is -2.20. The van der Waals surface area contributed by atoms with Crippen LogP contribution in [0.1, 0.15) is 25.3 Å². The quantitative estimate of drug-likeness (QED) is 0.738. The Bertz CT molecular complexity index is 432. The average molecular weight is 341 g/mol. The molecule has 0 bridgehead atoms. The van der Waals surface area contributed by atoms with Crippen molar-refractivity contribution in [2.75, 3.05) is 31.7 Å². The van der Waals surface area contributed by atoms with Gasteiger partial charge in [-0.25, -0.2) is 0 Å². The molecule has 0 saturated heterocycles. The summed E-state index contributed by atoms with van der Waals surface area (Å²) in [5, 5.41) is 0. The van der Waals surface area contributed by atoms with E-state index in [9.17, 15) is 0 Å². The zero-order chi connectivity index (χ0) is 14.5. The van der Waals surface area contributed by atoms with Gasteiger partial charge in [-0.2, -0.15) is 0 Å². The molecule has 0 spiro atoms. The van der Waals surface area contributed by atoms with Gasteiger partial charge in [-0.1, -0.05) is 22.0 Å². The van der Waals surface area contributed by atoms with E-state index in [-0.39, 0.29) is 6.04 Å². The van der Waals surface area contributed by atoms with Crippen LogP contribution in [0.3, 0.4) is 0 Å². The van der Waals surface area contributed by atoms with Crippen molar-refractivity contribution in [1.82, 2.24) is 0 Å². The van der Waals surface area contributed by atoms with E-state index < -0.39 is 0 Å². The lowest BCUT2D eigenvalue weighted by molar-refractivity contribution is 0.131. The second-order valence-electron chi connectivity index (χ2n) is 5.90. The first-order valence-electron chi connectivity index (χ1n) is 7.39. The summed E-state index contributed by atoms with van der Waals surface area (Å²) in [5.74, 6) is 0.840. The third-order valence-corrected chi connectivity index (χ3v) is 4.38. The van der Waals surface area contributed by atoms with Crippen molar-refractivity contribution in [3.05, 3.63) is 28.2 Å². The van der Waals surface area contributed by atoms with Gasteiger partial charge in [0.05, 0.1) is 6.61 Å². The molecule has 4 heteroatoms. The Balaban J connectivity index is 1.82. The first-order chi connectivity index (χ1) is 9.56. The summed E-state index contributed by atoms with van der Waals surface area (Å²) < 4.78 is 6.82. The fraction of sp³-hybridized carbons (Fsp3) is 0.625. The summed E-state index contributed by atoms with van der Waals surface area (Å²) in [7, 11) is 2.10. The predicted octanol–water partition coefficient (Wildman–Crippen LogP) is 3.20. The number of anilines is 1. The molecule has 0 amide bonds. The highest BCUT2D eigenvalue weighted by atomic mass is 79.9. The molecule has 1 aromatic carbocycles. The van der Waals surface area contributed by atoms with Crippen molar-refractivity contribution >= 4 is 21.6 Å². The molecular weight excluding hydrogens is 316 g/mol. The van der Waals surface area contributed by atoms with Crippen molar-refractivity contribution in [2.24, 2.45) is 11.7 Å². The standard InChI is InChI=1S/C16H25BrN2O/c1-12(18)9-14-5-6-15(10-16(14)17)19(2)7-8-20-11-13-3-4-13/h5-6,10,12-13H,3-4,7-9,11,18H2,1-2H3. The van der Waals surface area contributed by atoms with E-state index in [0.29, 0.717) is 0 Å². The van der Waals surface area contributed by atoms with Crippen LogP contribution in [0.15, 0.2) is 22.7 Å².